The highest BCUT2D eigenvalue weighted by Crippen LogP contribution is 2.35. The number of hydrogen-bond donors (Lipinski definition) is 0. The molecular formula is C19H18N4O2S. The Labute approximate surface area is 155 Å². The summed E-state index contributed by atoms with van der Waals surface area (Å²) in [5.41, 5.74) is 2.60. The number of hydrogen-bond acceptors (Lipinski definition) is 6. The molecule has 1 aliphatic heterocycles. The van der Waals surface area contributed by atoms with Crippen molar-refractivity contribution >= 4 is 22.9 Å². The van der Waals surface area contributed by atoms with Gasteiger partial charge >= 0.3 is 0 Å². The summed E-state index contributed by atoms with van der Waals surface area (Å²) >= 11 is 1.33. The van der Waals surface area contributed by atoms with Gasteiger partial charge in [-0.05, 0) is 44.0 Å². The molecule has 0 bridgehead atoms. The lowest BCUT2D eigenvalue weighted by Crippen LogP contribution is -2.31. The van der Waals surface area contributed by atoms with E-state index in [1.807, 2.05) is 32.0 Å². The van der Waals surface area contributed by atoms with Crippen LogP contribution in [0.15, 0.2) is 36.7 Å². The van der Waals surface area contributed by atoms with E-state index in [1.54, 1.807) is 23.4 Å². The van der Waals surface area contributed by atoms with Crippen LogP contribution in [0.2, 0.25) is 0 Å². The van der Waals surface area contributed by atoms with Gasteiger partial charge in [0.05, 0.1) is 18.0 Å². The van der Waals surface area contributed by atoms with Crippen LogP contribution in [-0.2, 0) is 0 Å². The van der Waals surface area contributed by atoms with Crippen LogP contribution in [0.1, 0.15) is 27.3 Å². The minimum absolute atomic E-state index is 0.0560. The summed E-state index contributed by atoms with van der Waals surface area (Å²) in [6, 6.07) is 7.68. The van der Waals surface area contributed by atoms with Crippen molar-refractivity contribution in [3.63, 3.8) is 0 Å². The van der Waals surface area contributed by atoms with Gasteiger partial charge in [-0.2, -0.15) is 0 Å². The molecule has 0 saturated carbocycles. The Morgan fingerprint density at radius 3 is 2.85 bits per heavy atom. The van der Waals surface area contributed by atoms with Crippen molar-refractivity contribution in [3.05, 3.63) is 52.8 Å². The second kappa shape index (κ2) is 6.84. The monoisotopic (exact) mass is 366 g/mol. The van der Waals surface area contributed by atoms with Crippen LogP contribution in [0, 0.1) is 13.8 Å². The molecule has 0 fully saturated rings. The van der Waals surface area contributed by atoms with Gasteiger partial charge in [0.2, 0.25) is 0 Å². The van der Waals surface area contributed by atoms with E-state index in [4.69, 9.17) is 4.74 Å². The first-order valence-corrected chi connectivity index (χ1v) is 9.25. The molecule has 4 rings (SSSR count). The van der Waals surface area contributed by atoms with Crippen molar-refractivity contribution in [3.8, 4) is 16.6 Å². The standard InChI is InChI=1S/C19H18N4O2S/c1-12-5-6-15-14(11-12)23(9-4-10-25-15)19(24)16-13(2)22-18(26-16)17-20-7-3-8-21-17/h3,5-8,11H,4,9-10H2,1-2H3. The van der Waals surface area contributed by atoms with Gasteiger partial charge in [0.25, 0.3) is 5.91 Å². The van der Waals surface area contributed by atoms with Crippen molar-refractivity contribution in [1.82, 2.24) is 15.0 Å². The molecule has 0 radical (unpaired) electrons. The van der Waals surface area contributed by atoms with E-state index in [9.17, 15) is 4.79 Å². The summed E-state index contributed by atoms with van der Waals surface area (Å²) in [6.45, 7) is 5.08. The zero-order valence-electron chi connectivity index (χ0n) is 14.6. The third kappa shape index (κ3) is 3.06. The number of fused-ring (bicyclic) bond motifs is 1. The lowest BCUT2D eigenvalue weighted by atomic mass is 10.2. The number of aryl methyl sites for hydroxylation is 2. The maximum absolute atomic E-state index is 13.3. The number of anilines is 1. The SMILES string of the molecule is Cc1ccc2c(c1)N(C(=O)c1sc(-c3ncccn3)nc1C)CCCO2. The molecule has 26 heavy (non-hydrogen) atoms. The maximum Gasteiger partial charge on any atom is 0.270 e. The third-order valence-electron chi connectivity index (χ3n) is 4.18. The summed E-state index contributed by atoms with van der Waals surface area (Å²) in [5.74, 6) is 1.23. The molecule has 0 spiro atoms. The van der Waals surface area contributed by atoms with Crippen LogP contribution < -0.4 is 9.64 Å². The minimum atomic E-state index is -0.0560. The molecule has 1 aromatic carbocycles. The fraction of sp³-hybridized carbons (Fsp3) is 0.263. The van der Waals surface area contributed by atoms with Crippen LogP contribution in [-0.4, -0.2) is 34.0 Å². The van der Waals surface area contributed by atoms with Gasteiger partial charge in [-0.25, -0.2) is 15.0 Å². The zero-order chi connectivity index (χ0) is 18.1. The van der Waals surface area contributed by atoms with Crippen molar-refractivity contribution in [2.75, 3.05) is 18.1 Å². The minimum Gasteiger partial charge on any atom is -0.491 e. The van der Waals surface area contributed by atoms with Crippen molar-refractivity contribution in [1.29, 1.82) is 0 Å². The normalized spacial score (nSPS) is 13.7. The van der Waals surface area contributed by atoms with Crippen LogP contribution in [0.3, 0.4) is 0 Å². The molecule has 0 unspecified atom stereocenters. The van der Waals surface area contributed by atoms with Gasteiger partial charge < -0.3 is 9.64 Å². The van der Waals surface area contributed by atoms with Crippen LogP contribution >= 0.6 is 11.3 Å². The Morgan fingerprint density at radius 2 is 2.04 bits per heavy atom. The summed E-state index contributed by atoms with van der Waals surface area (Å²) in [6.07, 6.45) is 4.13. The molecule has 6 nitrogen and oxygen atoms in total. The molecule has 3 heterocycles. The molecule has 0 aliphatic carbocycles. The molecule has 0 atom stereocenters. The summed E-state index contributed by atoms with van der Waals surface area (Å²) in [7, 11) is 0. The quantitative estimate of drug-likeness (QED) is 0.692. The van der Waals surface area contributed by atoms with Gasteiger partial charge in [-0.1, -0.05) is 6.07 Å². The second-order valence-electron chi connectivity index (χ2n) is 6.14. The first-order valence-electron chi connectivity index (χ1n) is 8.43. The highest BCUT2D eigenvalue weighted by molar-refractivity contribution is 7.17. The van der Waals surface area contributed by atoms with E-state index in [1.165, 1.54) is 11.3 Å². The summed E-state index contributed by atoms with van der Waals surface area (Å²) in [5, 5.41) is 0.655. The fourth-order valence-electron chi connectivity index (χ4n) is 2.92. The van der Waals surface area contributed by atoms with Crippen LogP contribution in [0.25, 0.3) is 10.8 Å². The molecule has 132 valence electrons. The number of nitrogens with zero attached hydrogens (tertiary/aromatic N) is 4. The van der Waals surface area contributed by atoms with E-state index < -0.39 is 0 Å². The lowest BCUT2D eigenvalue weighted by molar-refractivity contribution is 0.0990. The Morgan fingerprint density at radius 1 is 1.23 bits per heavy atom. The largest absolute Gasteiger partial charge is 0.491 e. The predicted molar refractivity (Wildman–Crippen MR) is 101 cm³/mol. The van der Waals surface area contributed by atoms with Crippen molar-refractivity contribution < 1.29 is 9.53 Å². The first-order chi connectivity index (χ1) is 12.6. The van der Waals surface area contributed by atoms with E-state index in [0.29, 0.717) is 34.6 Å². The lowest BCUT2D eigenvalue weighted by Gasteiger charge is -2.21. The highest BCUT2D eigenvalue weighted by Gasteiger charge is 2.27. The number of rotatable bonds is 2. The third-order valence-corrected chi connectivity index (χ3v) is 5.32. The molecule has 3 aromatic rings. The Bertz CT molecular complexity index is 955. The predicted octanol–water partition coefficient (Wildman–Crippen LogP) is 3.65. The van der Waals surface area contributed by atoms with Gasteiger partial charge in [0, 0.05) is 18.9 Å². The number of carbonyl (C=O) groups excluding carboxylic acids is 1. The number of ether oxygens (including phenoxy) is 1. The van der Waals surface area contributed by atoms with Gasteiger partial charge in [0.15, 0.2) is 10.8 Å². The Hall–Kier alpha value is -2.80. The maximum atomic E-state index is 13.3. The van der Waals surface area contributed by atoms with E-state index >= 15 is 0 Å². The molecule has 0 N–H and O–H groups in total. The van der Waals surface area contributed by atoms with Crippen molar-refractivity contribution in [2.45, 2.75) is 20.3 Å². The fourth-order valence-corrected chi connectivity index (χ4v) is 3.88. The van der Waals surface area contributed by atoms with Crippen LogP contribution in [0.5, 0.6) is 5.75 Å². The van der Waals surface area contributed by atoms with E-state index in [0.717, 1.165) is 23.4 Å². The molecule has 1 aliphatic rings. The average Bonchev–Trinajstić information content (AvgIpc) is 2.92. The smallest absolute Gasteiger partial charge is 0.270 e. The van der Waals surface area contributed by atoms with Gasteiger partial charge in [-0.3, -0.25) is 4.79 Å². The summed E-state index contributed by atoms with van der Waals surface area (Å²) in [4.78, 5) is 28.7. The highest BCUT2D eigenvalue weighted by atomic mass is 32.1. The molecule has 2 aromatic heterocycles. The number of benzene rings is 1. The second-order valence-corrected chi connectivity index (χ2v) is 7.14. The van der Waals surface area contributed by atoms with Crippen molar-refractivity contribution in [2.24, 2.45) is 0 Å². The molecule has 1 amide bonds. The molecular weight excluding hydrogens is 348 g/mol. The van der Waals surface area contributed by atoms with Gasteiger partial charge in [-0.15, -0.1) is 11.3 Å². The van der Waals surface area contributed by atoms with Crippen LogP contribution in [0.4, 0.5) is 5.69 Å². The number of amides is 1. The number of carbonyl (C=O) groups is 1. The first kappa shape index (κ1) is 16.7. The summed E-state index contributed by atoms with van der Waals surface area (Å²) < 4.78 is 5.80. The van der Waals surface area contributed by atoms with E-state index in [-0.39, 0.29) is 5.91 Å². The molecule has 7 heteroatoms. The zero-order valence-corrected chi connectivity index (χ0v) is 15.4. The molecule has 0 saturated heterocycles. The number of thiazole rings is 1. The Balaban J connectivity index is 1.73. The topological polar surface area (TPSA) is 68.2 Å². The number of aromatic nitrogens is 3. The average molecular weight is 366 g/mol. The van der Waals surface area contributed by atoms with E-state index in [2.05, 4.69) is 15.0 Å². The Kier molecular flexibility index (Phi) is 4.38. The van der Waals surface area contributed by atoms with Gasteiger partial charge in [0.1, 0.15) is 10.6 Å².